The van der Waals surface area contributed by atoms with E-state index in [2.05, 4.69) is 23.6 Å². The highest BCUT2D eigenvalue weighted by Gasteiger charge is 2.23. The van der Waals surface area contributed by atoms with E-state index in [4.69, 9.17) is 10.7 Å². The van der Waals surface area contributed by atoms with Crippen molar-refractivity contribution < 1.29 is 0 Å². The number of hydrogen-bond acceptors (Lipinski definition) is 2. The molecule has 20 heavy (non-hydrogen) atoms. The van der Waals surface area contributed by atoms with Crippen molar-refractivity contribution in [3.8, 4) is 11.3 Å². The van der Waals surface area contributed by atoms with Crippen LogP contribution in [-0.4, -0.2) is 9.55 Å². The smallest absolute Gasteiger partial charge is 0.131 e. The fourth-order valence-corrected chi connectivity index (χ4v) is 3.30. The third-order valence-electron chi connectivity index (χ3n) is 4.37. The molecule has 1 aliphatic rings. The summed E-state index contributed by atoms with van der Waals surface area (Å²) in [5.74, 6) is 2.60. The highest BCUT2D eigenvalue weighted by atomic mass is 15.1. The maximum absolute atomic E-state index is 6.35. The van der Waals surface area contributed by atoms with Gasteiger partial charge in [-0.05, 0) is 19.8 Å². The molecule has 1 saturated carbocycles. The van der Waals surface area contributed by atoms with E-state index in [1.807, 2.05) is 18.2 Å². The monoisotopic (exact) mass is 269 g/mol. The van der Waals surface area contributed by atoms with Gasteiger partial charge in [-0.3, -0.25) is 0 Å². The van der Waals surface area contributed by atoms with Crippen LogP contribution in [0.15, 0.2) is 30.3 Å². The minimum Gasteiger partial charge on any atom is -0.383 e. The molecule has 3 heteroatoms. The fraction of sp³-hybridized carbons (Fsp3) is 0.471. The summed E-state index contributed by atoms with van der Waals surface area (Å²) in [5, 5.41) is 0. The van der Waals surface area contributed by atoms with Gasteiger partial charge in [-0.1, -0.05) is 49.6 Å². The average Bonchev–Trinajstić information content (AvgIpc) is 2.86. The molecule has 1 aromatic heterocycles. The van der Waals surface area contributed by atoms with E-state index in [0.29, 0.717) is 5.92 Å². The summed E-state index contributed by atoms with van der Waals surface area (Å²) in [6.45, 7) is 3.05. The van der Waals surface area contributed by atoms with Crippen molar-refractivity contribution in [1.29, 1.82) is 0 Å². The van der Waals surface area contributed by atoms with Gasteiger partial charge in [-0.25, -0.2) is 4.98 Å². The molecule has 0 amide bonds. The molecular formula is C17H23N3. The van der Waals surface area contributed by atoms with Crippen LogP contribution in [0.4, 0.5) is 5.82 Å². The van der Waals surface area contributed by atoms with Gasteiger partial charge in [0.15, 0.2) is 0 Å². The predicted octanol–water partition coefficient (Wildman–Crippen LogP) is 4.20. The summed E-state index contributed by atoms with van der Waals surface area (Å²) in [4.78, 5) is 4.91. The number of nitrogen functional groups attached to an aromatic ring is 1. The van der Waals surface area contributed by atoms with E-state index in [1.54, 1.807) is 0 Å². The lowest BCUT2D eigenvalue weighted by Crippen LogP contribution is -2.12. The minimum atomic E-state index is 0.587. The number of hydrogen-bond donors (Lipinski definition) is 1. The predicted molar refractivity (Wildman–Crippen MR) is 83.6 cm³/mol. The Morgan fingerprint density at radius 2 is 1.85 bits per heavy atom. The first kappa shape index (κ1) is 13.2. The molecule has 0 saturated heterocycles. The molecule has 106 valence electrons. The zero-order valence-electron chi connectivity index (χ0n) is 12.2. The highest BCUT2D eigenvalue weighted by Crippen LogP contribution is 2.36. The molecule has 2 N–H and O–H groups in total. The largest absolute Gasteiger partial charge is 0.383 e. The van der Waals surface area contributed by atoms with Gasteiger partial charge >= 0.3 is 0 Å². The molecule has 0 atom stereocenters. The Balaban J connectivity index is 2.02. The number of aromatic nitrogens is 2. The Bertz CT molecular complexity index is 565. The van der Waals surface area contributed by atoms with E-state index >= 15 is 0 Å². The molecule has 0 unspecified atom stereocenters. The van der Waals surface area contributed by atoms with Crippen LogP contribution >= 0.6 is 0 Å². The molecule has 0 spiro atoms. The maximum atomic E-state index is 6.35. The van der Waals surface area contributed by atoms with Gasteiger partial charge in [0.1, 0.15) is 17.3 Å². The van der Waals surface area contributed by atoms with Crippen LogP contribution in [-0.2, 0) is 6.54 Å². The second-order valence-electron chi connectivity index (χ2n) is 5.65. The number of imidazole rings is 1. The summed E-state index contributed by atoms with van der Waals surface area (Å²) in [5.41, 5.74) is 8.43. The van der Waals surface area contributed by atoms with Gasteiger partial charge in [0.05, 0.1) is 0 Å². The zero-order chi connectivity index (χ0) is 13.9. The van der Waals surface area contributed by atoms with E-state index in [9.17, 15) is 0 Å². The molecule has 3 rings (SSSR count). The number of benzene rings is 1. The Kier molecular flexibility index (Phi) is 3.77. The van der Waals surface area contributed by atoms with Crippen molar-refractivity contribution in [2.45, 2.75) is 51.5 Å². The van der Waals surface area contributed by atoms with E-state index < -0.39 is 0 Å². The lowest BCUT2D eigenvalue weighted by Gasteiger charge is -2.21. The van der Waals surface area contributed by atoms with E-state index in [-0.39, 0.29) is 0 Å². The number of anilines is 1. The van der Waals surface area contributed by atoms with Crippen LogP contribution in [0.2, 0.25) is 0 Å². The number of nitrogens with two attached hydrogens (primary N) is 1. The molecule has 1 heterocycles. The van der Waals surface area contributed by atoms with Crippen LogP contribution in [0.1, 0.15) is 50.8 Å². The summed E-state index contributed by atoms with van der Waals surface area (Å²) in [6, 6.07) is 10.3. The standard InChI is InChI=1S/C17H23N3/c1-2-20-16(18)15(13-9-5-3-6-10-13)19-17(20)14-11-7-4-8-12-14/h3,5-6,9-10,14H,2,4,7-8,11-12,18H2,1H3. The van der Waals surface area contributed by atoms with Gasteiger partial charge in [0, 0.05) is 18.0 Å². The Morgan fingerprint density at radius 1 is 1.15 bits per heavy atom. The molecule has 2 aromatic rings. The number of rotatable bonds is 3. The topological polar surface area (TPSA) is 43.8 Å². The van der Waals surface area contributed by atoms with E-state index in [1.165, 1.54) is 37.9 Å². The second kappa shape index (κ2) is 5.70. The summed E-state index contributed by atoms with van der Waals surface area (Å²) in [6.07, 6.45) is 6.52. The van der Waals surface area contributed by atoms with Crippen LogP contribution in [0, 0.1) is 0 Å². The average molecular weight is 269 g/mol. The molecule has 0 radical (unpaired) electrons. The van der Waals surface area contributed by atoms with Crippen molar-refractivity contribution in [1.82, 2.24) is 9.55 Å². The molecule has 0 bridgehead atoms. The zero-order valence-corrected chi connectivity index (χ0v) is 12.2. The SMILES string of the molecule is CCn1c(C2CCCCC2)nc(-c2ccccc2)c1N. The minimum absolute atomic E-state index is 0.587. The quantitative estimate of drug-likeness (QED) is 0.907. The molecule has 3 nitrogen and oxygen atoms in total. The van der Waals surface area contributed by atoms with Crippen LogP contribution in [0.5, 0.6) is 0 Å². The fourth-order valence-electron chi connectivity index (χ4n) is 3.30. The van der Waals surface area contributed by atoms with Crippen molar-refractivity contribution in [3.05, 3.63) is 36.2 Å². The Hall–Kier alpha value is -1.77. The molecule has 1 aromatic carbocycles. The third kappa shape index (κ3) is 2.33. The van der Waals surface area contributed by atoms with Crippen molar-refractivity contribution in [2.75, 3.05) is 5.73 Å². The first-order valence-corrected chi connectivity index (χ1v) is 7.72. The first-order chi connectivity index (χ1) is 9.81. The molecule has 0 aliphatic heterocycles. The molecule has 1 aliphatic carbocycles. The van der Waals surface area contributed by atoms with Crippen molar-refractivity contribution in [2.24, 2.45) is 0 Å². The highest BCUT2D eigenvalue weighted by molar-refractivity contribution is 5.71. The van der Waals surface area contributed by atoms with Crippen molar-refractivity contribution >= 4 is 5.82 Å². The Labute approximate surface area is 120 Å². The second-order valence-corrected chi connectivity index (χ2v) is 5.65. The van der Waals surface area contributed by atoms with Crippen LogP contribution in [0.3, 0.4) is 0 Å². The van der Waals surface area contributed by atoms with Gasteiger partial charge < -0.3 is 10.3 Å². The van der Waals surface area contributed by atoms with Crippen molar-refractivity contribution in [3.63, 3.8) is 0 Å². The van der Waals surface area contributed by atoms with Gasteiger partial charge in [-0.2, -0.15) is 0 Å². The molecular weight excluding hydrogens is 246 g/mol. The van der Waals surface area contributed by atoms with Gasteiger partial charge in [0.2, 0.25) is 0 Å². The number of nitrogens with zero attached hydrogens (tertiary/aromatic N) is 2. The van der Waals surface area contributed by atoms with Crippen LogP contribution in [0.25, 0.3) is 11.3 Å². The lowest BCUT2D eigenvalue weighted by atomic mass is 9.88. The third-order valence-corrected chi connectivity index (χ3v) is 4.37. The van der Waals surface area contributed by atoms with Crippen LogP contribution < -0.4 is 5.73 Å². The van der Waals surface area contributed by atoms with E-state index in [0.717, 1.165) is 23.6 Å². The summed E-state index contributed by atoms with van der Waals surface area (Å²) >= 11 is 0. The lowest BCUT2D eigenvalue weighted by molar-refractivity contribution is 0.418. The summed E-state index contributed by atoms with van der Waals surface area (Å²) < 4.78 is 2.21. The Morgan fingerprint density at radius 3 is 2.50 bits per heavy atom. The normalized spacial score (nSPS) is 16.4. The van der Waals surface area contributed by atoms with Gasteiger partial charge in [0.25, 0.3) is 0 Å². The first-order valence-electron chi connectivity index (χ1n) is 7.72. The van der Waals surface area contributed by atoms with Gasteiger partial charge in [-0.15, -0.1) is 0 Å². The summed E-state index contributed by atoms with van der Waals surface area (Å²) in [7, 11) is 0. The molecule has 1 fully saturated rings. The maximum Gasteiger partial charge on any atom is 0.131 e.